The molecule has 1 atom stereocenters. The van der Waals surface area contributed by atoms with Crippen molar-refractivity contribution in [1.82, 2.24) is 0 Å². The van der Waals surface area contributed by atoms with Gasteiger partial charge in [-0.2, -0.15) is 0 Å². The predicted octanol–water partition coefficient (Wildman–Crippen LogP) is 6.03. The van der Waals surface area contributed by atoms with E-state index < -0.39 is 9.90 Å². The van der Waals surface area contributed by atoms with Crippen LogP contribution < -0.4 is 0 Å². The Kier molecular flexibility index (Phi) is 12.2. The molecule has 0 heterocycles. The van der Waals surface area contributed by atoms with Crippen molar-refractivity contribution in [3.63, 3.8) is 0 Å². The molecule has 0 saturated carbocycles. The molecule has 0 bridgehead atoms. The highest BCUT2D eigenvalue weighted by Gasteiger charge is 2.23. The number of rotatable bonds is 11. The summed E-state index contributed by atoms with van der Waals surface area (Å²) >= 11 is 16.9. The molecule has 18 heavy (non-hydrogen) atoms. The monoisotopic (exact) mass is 316 g/mol. The maximum absolute atomic E-state index is 9.63. The van der Waals surface area contributed by atoms with Crippen molar-refractivity contribution in [1.29, 1.82) is 0 Å². The highest BCUT2D eigenvalue weighted by atomic mass is 35.6. The first-order chi connectivity index (χ1) is 8.45. The third-order valence-corrected chi connectivity index (χ3v) is 3.57. The molecule has 0 aromatic carbocycles. The molecule has 0 radical (unpaired) electrons. The average molecular weight is 318 g/mol. The van der Waals surface area contributed by atoms with Crippen LogP contribution in [0.2, 0.25) is 0 Å². The second-order valence-electron chi connectivity index (χ2n) is 5.09. The lowest BCUT2D eigenvalue weighted by molar-refractivity contribution is 0.152. The Morgan fingerprint density at radius 3 is 1.72 bits per heavy atom. The number of hydrogen-bond donors (Lipinski definition) is 1. The molecule has 0 aromatic rings. The van der Waals surface area contributed by atoms with Crippen LogP contribution in [0.3, 0.4) is 0 Å². The van der Waals surface area contributed by atoms with Gasteiger partial charge in [-0.1, -0.05) is 99.5 Å². The molecular formula is C14H27Cl3O. The van der Waals surface area contributed by atoms with Gasteiger partial charge in [-0.25, -0.2) is 0 Å². The van der Waals surface area contributed by atoms with E-state index >= 15 is 0 Å². The average Bonchev–Trinajstić information content (AvgIpc) is 2.24. The Hall–Kier alpha value is 0.830. The number of aliphatic hydroxyl groups is 1. The Morgan fingerprint density at radius 1 is 0.833 bits per heavy atom. The van der Waals surface area contributed by atoms with Crippen LogP contribution in [-0.4, -0.2) is 15.0 Å². The molecule has 0 rings (SSSR count). The van der Waals surface area contributed by atoms with Gasteiger partial charge in [0.05, 0.1) is 6.10 Å². The fourth-order valence-corrected chi connectivity index (χ4v) is 2.59. The lowest BCUT2D eigenvalue weighted by Crippen LogP contribution is -2.16. The van der Waals surface area contributed by atoms with Gasteiger partial charge in [0.2, 0.25) is 0 Å². The minimum atomic E-state index is -1.32. The highest BCUT2D eigenvalue weighted by Crippen LogP contribution is 2.32. The van der Waals surface area contributed by atoms with Crippen molar-refractivity contribution in [3.8, 4) is 0 Å². The minimum Gasteiger partial charge on any atom is -0.393 e. The van der Waals surface area contributed by atoms with E-state index in [2.05, 4.69) is 6.92 Å². The summed E-state index contributed by atoms with van der Waals surface area (Å²) in [5.41, 5.74) is 0. The number of hydrogen-bond acceptors (Lipinski definition) is 1. The summed E-state index contributed by atoms with van der Waals surface area (Å²) in [6.07, 6.45) is 12.0. The highest BCUT2D eigenvalue weighted by molar-refractivity contribution is 6.67. The van der Waals surface area contributed by atoms with E-state index in [0.29, 0.717) is 0 Å². The maximum atomic E-state index is 9.63. The normalized spacial score (nSPS) is 13.8. The predicted molar refractivity (Wildman–Crippen MR) is 82.8 cm³/mol. The standard InChI is InChI=1S/C14H27Cl3O/c1-2-3-4-5-6-7-8-9-10-11-13(18)12-14(15,16)17/h13,18H,2-12H2,1H3. The van der Waals surface area contributed by atoms with Gasteiger partial charge in [-0.3, -0.25) is 0 Å². The summed E-state index contributed by atoms with van der Waals surface area (Å²) in [6.45, 7) is 2.24. The first-order valence-corrected chi connectivity index (χ1v) is 8.34. The number of aliphatic hydroxyl groups excluding tert-OH is 1. The number of halogens is 3. The van der Waals surface area contributed by atoms with E-state index in [1.54, 1.807) is 0 Å². The van der Waals surface area contributed by atoms with Crippen LogP contribution in [0, 0.1) is 0 Å². The van der Waals surface area contributed by atoms with Gasteiger partial charge in [0, 0.05) is 6.42 Å². The van der Waals surface area contributed by atoms with Gasteiger partial charge < -0.3 is 5.11 Å². The number of unbranched alkanes of at least 4 members (excludes halogenated alkanes) is 8. The van der Waals surface area contributed by atoms with E-state index in [-0.39, 0.29) is 6.42 Å². The quantitative estimate of drug-likeness (QED) is 0.364. The van der Waals surface area contributed by atoms with Gasteiger partial charge in [0.1, 0.15) is 0 Å². The van der Waals surface area contributed by atoms with Crippen LogP contribution in [0.1, 0.15) is 77.6 Å². The van der Waals surface area contributed by atoms with E-state index in [1.165, 1.54) is 51.4 Å². The van der Waals surface area contributed by atoms with Gasteiger partial charge in [0.15, 0.2) is 3.79 Å². The Bertz CT molecular complexity index is 180. The lowest BCUT2D eigenvalue weighted by Gasteiger charge is -2.16. The van der Waals surface area contributed by atoms with Crippen molar-refractivity contribution in [3.05, 3.63) is 0 Å². The van der Waals surface area contributed by atoms with Crippen LogP contribution in [0.15, 0.2) is 0 Å². The summed E-state index contributed by atoms with van der Waals surface area (Å²) < 4.78 is -1.32. The molecule has 0 aliphatic carbocycles. The molecule has 1 unspecified atom stereocenters. The molecule has 0 aromatic heterocycles. The SMILES string of the molecule is CCCCCCCCCCCC(O)CC(Cl)(Cl)Cl. The molecule has 110 valence electrons. The fourth-order valence-electron chi connectivity index (χ4n) is 2.06. The van der Waals surface area contributed by atoms with Crippen LogP contribution in [-0.2, 0) is 0 Å². The first-order valence-electron chi connectivity index (χ1n) is 7.20. The van der Waals surface area contributed by atoms with Crippen LogP contribution in [0.4, 0.5) is 0 Å². The van der Waals surface area contributed by atoms with Crippen LogP contribution in [0.25, 0.3) is 0 Å². The van der Waals surface area contributed by atoms with E-state index in [4.69, 9.17) is 34.8 Å². The zero-order valence-corrected chi connectivity index (χ0v) is 13.7. The smallest absolute Gasteiger partial charge is 0.193 e. The zero-order chi connectivity index (χ0) is 13.9. The van der Waals surface area contributed by atoms with Crippen molar-refractivity contribution in [2.75, 3.05) is 0 Å². The van der Waals surface area contributed by atoms with Crippen molar-refractivity contribution in [2.24, 2.45) is 0 Å². The van der Waals surface area contributed by atoms with Crippen molar-refractivity contribution in [2.45, 2.75) is 87.4 Å². The topological polar surface area (TPSA) is 20.2 Å². The van der Waals surface area contributed by atoms with E-state index in [1.807, 2.05) is 0 Å². The van der Waals surface area contributed by atoms with Gasteiger partial charge in [-0.15, -0.1) is 0 Å². The molecule has 0 fully saturated rings. The Labute approximate surface area is 127 Å². The summed E-state index contributed by atoms with van der Waals surface area (Å²) in [5.74, 6) is 0. The maximum Gasteiger partial charge on any atom is 0.193 e. The Morgan fingerprint density at radius 2 is 1.28 bits per heavy atom. The summed E-state index contributed by atoms with van der Waals surface area (Å²) in [4.78, 5) is 0. The molecule has 0 saturated heterocycles. The van der Waals surface area contributed by atoms with Gasteiger partial charge >= 0.3 is 0 Å². The van der Waals surface area contributed by atoms with Crippen LogP contribution in [0.5, 0.6) is 0 Å². The third kappa shape index (κ3) is 14.9. The lowest BCUT2D eigenvalue weighted by atomic mass is 10.0. The molecule has 0 aliphatic heterocycles. The van der Waals surface area contributed by atoms with Gasteiger partial charge in [0.25, 0.3) is 0 Å². The van der Waals surface area contributed by atoms with Crippen molar-refractivity contribution < 1.29 is 5.11 Å². The van der Waals surface area contributed by atoms with E-state index in [9.17, 15) is 5.11 Å². The number of alkyl halides is 3. The molecule has 0 amide bonds. The largest absolute Gasteiger partial charge is 0.393 e. The van der Waals surface area contributed by atoms with Crippen molar-refractivity contribution >= 4 is 34.8 Å². The summed E-state index contributed by atoms with van der Waals surface area (Å²) in [7, 11) is 0. The van der Waals surface area contributed by atoms with Crippen LogP contribution >= 0.6 is 34.8 Å². The molecule has 4 heteroatoms. The van der Waals surface area contributed by atoms with E-state index in [0.717, 1.165) is 12.8 Å². The fraction of sp³-hybridized carbons (Fsp3) is 1.00. The summed E-state index contributed by atoms with van der Waals surface area (Å²) in [5, 5.41) is 9.63. The van der Waals surface area contributed by atoms with Gasteiger partial charge in [-0.05, 0) is 6.42 Å². The summed E-state index contributed by atoms with van der Waals surface area (Å²) in [6, 6.07) is 0. The first kappa shape index (κ1) is 18.8. The second-order valence-corrected chi connectivity index (χ2v) is 7.61. The zero-order valence-electron chi connectivity index (χ0n) is 11.4. The molecular weight excluding hydrogens is 291 g/mol. The third-order valence-electron chi connectivity index (χ3n) is 3.11. The minimum absolute atomic E-state index is 0.231. The molecule has 0 spiro atoms. The molecule has 1 nitrogen and oxygen atoms in total. The molecule has 0 aliphatic rings. The Balaban J connectivity index is 3.20. The second kappa shape index (κ2) is 11.6. The molecule has 1 N–H and O–H groups in total.